The van der Waals surface area contributed by atoms with E-state index in [-0.39, 0.29) is 19.1 Å². The predicted molar refractivity (Wildman–Crippen MR) is 109 cm³/mol. The lowest BCUT2D eigenvalue weighted by Crippen LogP contribution is -2.24. The van der Waals surface area contributed by atoms with Gasteiger partial charge in [0.05, 0.1) is 17.1 Å². The number of benzene rings is 3. The van der Waals surface area contributed by atoms with Crippen LogP contribution >= 0.6 is 27.5 Å². The van der Waals surface area contributed by atoms with Crippen LogP contribution in [0, 0.1) is 11.8 Å². The highest BCUT2D eigenvalue weighted by Gasteiger charge is 2.09. The quantitative estimate of drug-likeness (QED) is 0.589. The Kier molecular flexibility index (Phi) is 6.17. The first-order chi connectivity index (χ1) is 12.6. The summed E-state index contributed by atoms with van der Waals surface area (Å²) in [6.45, 7) is 0.474. The van der Waals surface area contributed by atoms with Gasteiger partial charge >= 0.3 is 0 Å². The van der Waals surface area contributed by atoms with Gasteiger partial charge in [-0.3, -0.25) is 4.79 Å². The Labute approximate surface area is 165 Å². The summed E-state index contributed by atoms with van der Waals surface area (Å²) in [5.41, 5.74) is 0.412. The van der Waals surface area contributed by atoms with Crippen LogP contribution in [-0.2, 0) is 0 Å². The molecule has 0 unspecified atom stereocenters. The molecule has 3 nitrogen and oxygen atoms in total. The zero-order chi connectivity index (χ0) is 18.4. The fraction of sp³-hybridized carbons (Fsp3) is 0.0952. The van der Waals surface area contributed by atoms with Gasteiger partial charge in [0.25, 0.3) is 5.91 Å². The Morgan fingerprint density at radius 3 is 2.77 bits per heavy atom. The Hall–Kier alpha value is -2.48. The van der Waals surface area contributed by atoms with Gasteiger partial charge in [-0.25, -0.2) is 0 Å². The smallest absolute Gasteiger partial charge is 0.253 e. The number of rotatable bonds is 4. The van der Waals surface area contributed by atoms with E-state index in [1.54, 1.807) is 18.2 Å². The van der Waals surface area contributed by atoms with Crippen LogP contribution < -0.4 is 10.1 Å². The Balaban J connectivity index is 1.53. The maximum absolute atomic E-state index is 12.1. The number of carbonyl (C=O) groups is 1. The average Bonchev–Trinajstić information content (AvgIpc) is 2.66. The highest BCUT2D eigenvalue weighted by molar-refractivity contribution is 9.10. The van der Waals surface area contributed by atoms with E-state index in [1.165, 1.54) is 0 Å². The zero-order valence-electron chi connectivity index (χ0n) is 13.8. The van der Waals surface area contributed by atoms with Crippen molar-refractivity contribution >= 4 is 44.2 Å². The number of halogens is 2. The molecule has 0 aliphatic carbocycles. The lowest BCUT2D eigenvalue weighted by molar-refractivity contribution is 0.0959. The predicted octanol–water partition coefficient (Wildman–Crippen LogP) is 5.07. The third-order valence-corrected chi connectivity index (χ3v) is 4.51. The summed E-state index contributed by atoms with van der Waals surface area (Å²) < 4.78 is 6.53. The summed E-state index contributed by atoms with van der Waals surface area (Å²) in [4.78, 5) is 12.1. The monoisotopic (exact) mass is 427 g/mol. The maximum atomic E-state index is 12.1. The molecule has 0 atom stereocenters. The second-order valence-electron chi connectivity index (χ2n) is 5.43. The number of fused-ring (bicyclic) bond motifs is 1. The van der Waals surface area contributed by atoms with Crippen molar-refractivity contribution in [1.82, 2.24) is 5.32 Å². The normalized spacial score (nSPS) is 10.1. The van der Waals surface area contributed by atoms with E-state index in [0.717, 1.165) is 21.0 Å². The minimum atomic E-state index is -0.263. The van der Waals surface area contributed by atoms with Crippen LogP contribution in [0.1, 0.15) is 10.4 Å². The summed E-state index contributed by atoms with van der Waals surface area (Å²) in [6.07, 6.45) is 0. The van der Waals surface area contributed by atoms with Gasteiger partial charge in [0.15, 0.2) is 0 Å². The molecule has 0 fully saturated rings. The van der Waals surface area contributed by atoms with E-state index in [1.807, 2.05) is 42.5 Å². The fourth-order valence-corrected chi connectivity index (χ4v) is 3.00. The van der Waals surface area contributed by atoms with Crippen molar-refractivity contribution in [2.75, 3.05) is 13.2 Å². The van der Waals surface area contributed by atoms with Gasteiger partial charge in [0.2, 0.25) is 0 Å². The van der Waals surface area contributed by atoms with Gasteiger partial charge in [-0.15, -0.1) is 0 Å². The van der Waals surface area contributed by atoms with Gasteiger partial charge in [-0.05, 0) is 29.7 Å². The molecule has 0 saturated carbocycles. The molecular weight excluding hydrogens is 414 g/mol. The van der Waals surface area contributed by atoms with Gasteiger partial charge in [0, 0.05) is 9.86 Å². The first-order valence-corrected chi connectivity index (χ1v) is 9.12. The maximum Gasteiger partial charge on any atom is 0.253 e. The molecule has 0 bridgehead atoms. The topological polar surface area (TPSA) is 38.3 Å². The average molecular weight is 429 g/mol. The molecule has 1 amide bonds. The van der Waals surface area contributed by atoms with Crippen molar-refractivity contribution < 1.29 is 9.53 Å². The summed E-state index contributed by atoms with van der Waals surface area (Å²) >= 11 is 9.35. The number of nitrogens with one attached hydrogen (secondary N) is 1. The minimum Gasteiger partial charge on any atom is -0.480 e. The van der Waals surface area contributed by atoms with Crippen molar-refractivity contribution in [2.45, 2.75) is 0 Å². The molecule has 0 aromatic heterocycles. The second kappa shape index (κ2) is 8.75. The second-order valence-corrected chi connectivity index (χ2v) is 6.75. The summed E-state index contributed by atoms with van der Waals surface area (Å²) in [6, 6.07) is 19.1. The zero-order valence-corrected chi connectivity index (χ0v) is 16.1. The molecule has 0 spiro atoms. The molecule has 3 rings (SSSR count). The van der Waals surface area contributed by atoms with Gasteiger partial charge in [-0.1, -0.05) is 75.8 Å². The molecule has 0 aliphatic rings. The Morgan fingerprint density at radius 2 is 1.88 bits per heavy atom. The molecule has 0 aliphatic heterocycles. The SMILES string of the molecule is O=C(NCC#CCOc1cccc2ccccc12)c1cc(Br)ccc1Cl. The van der Waals surface area contributed by atoms with Crippen LogP contribution in [0.2, 0.25) is 5.02 Å². The van der Waals surface area contributed by atoms with Crippen LogP contribution in [0.4, 0.5) is 0 Å². The molecule has 3 aromatic rings. The van der Waals surface area contributed by atoms with Crippen LogP contribution in [0.3, 0.4) is 0 Å². The lowest BCUT2D eigenvalue weighted by atomic mass is 10.1. The van der Waals surface area contributed by atoms with Crippen molar-refractivity contribution in [2.24, 2.45) is 0 Å². The van der Waals surface area contributed by atoms with E-state index in [0.29, 0.717) is 10.6 Å². The van der Waals surface area contributed by atoms with Crippen molar-refractivity contribution in [3.05, 3.63) is 75.7 Å². The molecule has 1 N–H and O–H groups in total. The van der Waals surface area contributed by atoms with Gasteiger partial charge < -0.3 is 10.1 Å². The third kappa shape index (κ3) is 4.57. The highest BCUT2D eigenvalue weighted by Crippen LogP contribution is 2.25. The number of hydrogen-bond donors (Lipinski definition) is 1. The Bertz CT molecular complexity index is 1000. The largest absolute Gasteiger partial charge is 0.480 e. The standard InChI is InChI=1S/C21H15BrClNO2/c22-16-10-11-19(23)18(14-16)21(25)24-12-3-4-13-26-20-9-5-7-15-6-1-2-8-17(15)20/h1-2,5-11,14H,12-13H2,(H,24,25). The van der Waals surface area contributed by atoms with Crippen LogP contribution in [0.15, 0.2) is 65.1 Å². The minimum absolute atomic E-state index is 0.223. The highest BCUT2D eigenvalue weighted by atomic mass is 79.9. The van der Waals surface area contributed by atoms with Gasteiger partial charge in [0.1, 0.15) is 12.4 Å². The van der Waals surface area contributed by atoms with Gasteiger partial charge in [-0.2, -0.15) is 0 Å². The number of amides is 1. The van der Waals surface area contributed by atoms with Crippen LogP contribution in [0.5, 0.6) is 5.75 Å². The van der Waals surface area contributed by atoms with Crippen LogP contribution in [-0.4, -0.2) is 19.1 Å². The summed E-state index contributed by atoms with van der Waals surface area (Å²) in [5.74, 6) is 6.31. The van der Waals surface area contributed by atoms with Crippen LogP contribution in [0.25, 0.3) is 10.8 Å². The van der Waals surface area contributed by atoms with Crippen molar-refractivity contribution in [3.8, 4) is 17.6 Å². The number of ether oxygens (including phenoxy) is 1. The summed E-state index contributed by atoms with van der Waals surface area (Å²) in [5, 5.41) is 5.29. The molecule has 5 heteroatoms. The van der Waals surface area contributed by atoms with E-state index in [4.69, 9.17) is 16.3 Å². The summed E-state index contributed by atoms with van der Waals surface area (Å²) in [7, 11) is 0. The number of carbonyl (C=O) groups excluding carboxylic acids is 1. The molecule has 0 saturated heterocycles. The Morgan fingerprint density at radius 1 is 1.08 bits per heavy atom. The third-order valence-electron chi connectivity index (χ3n) is 3.68. The lowest BCUT2D eigenvalue weighted by Gasteiger charge is -2.06. The molecule has 26 heavy (non-hydrogen) atoms. The molecule has 3 aromatic carbocycles. The molecule has 0 radical (unpaired) electrons. The van der Waals surface area contributed by atoms with E-state index >= 15 is 0 Å². The first kappa shape index (κ1) is 18.3. The van der Waals surface area contributed by atoms with E-state index in [9.17, 15) is 4.79 Å². The van der Waals surface area contributed by atoms with Crippen molar-refractivity contribution in [1.29, 1.82) is 0 Å². The first-order valence-electron chi connectivity index (χ1n) is 7.94. The molecule has 130 valence electrons. The number of hydrogen-bond acceptors (Lipinski definition) is 2. The fourth-order valence-electron chi connectivity index (χ4n) is 2.44. The van der Waals surface area contributed by atoms with Crippen molar-refractivity contribution in [3.63, 3.8) is 0 Å². The molecular formula is C21H15BrClNO2. The van der Waals surface area contributed by atoms with E-state index in [2.05, 4.69) is 33.1 Å². The molecule has 0 heterocycles. The van der Waals surface area contributed by atoms with E-state index < -0.39 is 0 Å².